The SMILES string of the molecule is CNC(=O)N1CCN(C(=O)[CH]Cc2ccc3ccccc3c2)[C@H](Cc2ccc3ccccc3c2)C1=O. The van der Waals surface area contributed by atoms with Crippen LogP contribution in [0.25, 0.3) is 21.5 Å². The Balaban J connectivity index is 1.36. The minimum atomic E-state index is -0.752. The van der Waals surface area contributed by atoms with Crippen molar-refractivity contribution in [2.45, 2.75) is 18.9 Å². The third kappa shape index (κ3) is 4.80. The van der Waals surface area contributed by atoms with E-state index in [1.165, 1.54) is 11.9 Å². The topological polar surface area (TPSA) is 69.7 Å². The molecule has 0 bridgehead atoms. The van der Waals surface area contributed by atoms with Crippen molar-refractivity contribution in [1.29, 1.82) is 0 Å². The molecule has 0 aliphatic carbocycles. The van der Waals surface area contributed by atoms with Crippen LogP contribution in [0.2, 0.25) is 0 Å². The maximum atomic E-state index is 13.4. The number of piperazine rings is 1. The number of rotatable bonds is 5. The number of carbonyl (C=O) groups is 3. The summed E-state index contributed by atoms with van der Waals surface area (Å²) in [7, 11) is 1.50. The lowest BCUT2D eigenvalue weighted by molar-refractivity contribution is -0.147. The minimum absolute atomic E-state index is 0.169. The molecule has 0 spiro atoms. The summed E-state index contributed by atoms with van der Waals surface area (Å²) in [5, 5.41) is 6.99. The van der Waals surface area contributed by atoms with E-state index in [4.69, 9.17) is 0 Å². The van der Waals surface area contributed by atoms with E-state index in [1.807, 2.05) is 60.7 Å². The second kappa shape index (κ2) is 10.2. The Morgan fingerprint density at radius 3 is 2.06 bits per heavy atom. The van der Waals surface area contributed by atoms with Crippen LogP contribution in [0.3, 0.4) is 0 Å². The quantitative estimate of drug-likeness (QED) is 0.463. The molecule has 1 saturated heterocycles. The monoisotopic (exact) mass is 478 g/mol. The molecule has 1 aliphatic rings. The average Bonchev–Trinajstić information content (AvgIpc) is 2.92. The summed E-state index contributed by atoms with van der Waals surface area (Å²) in [6, 6.07) is 27.1. The molecule has 1 fully saturated rings. The van der Waals surface area contributed by atoms with Crippen molar-refractivity contribution in [1.82, 2.24) is 15.1 Å². The van der Waals surface area contributed by atoms with Gasteiger partial charge in [-0.05, 0) is 39.1 Å². The van der Waals surface area contributed by atoms with Crippen molar-refractivity contribution in [3.63, 3.8) is 0 Å². The van der Waals surface area contributed by atoms with E-state index in [0.29, 0.717) is 19.4 Å². The fourth-order valence-corrected chi connectivity index (χ4v) is 4.86. The molecule has 4 aromatic carbocycles. The summed E-state index contributed by atoms with van der Waals surface area (Å²) in [6.07, 6.45) is 2.45. The van der Waals surface area contributed by atoms with Gasteiger partial charge in [0.15, 0.2) is 0 Å². The van der Waals surface area contributed by atoms with Gasteiger partial charge in [0, 0.05) is 26.6 Å². The van der Waals surface area contributed by atoms with Crippen LogP contribution in [-0.4, -0.2) is 53.8 Å². The zero-order valence-corrected chi connectivity index (χ0v) is 20.2. The van der Waals surface area contributed by atoms with Crippen molar-refractivity contribution in [2.75, 3.05) is 20.1 Å². The fourth-order valence-electron chi connectivity index (χ4n) is 4.86. The first-order valence-electron chi connectivity index (χ1n) is 12.2. The molecule has 181 valence electrons. The first-order valence-corrected chi connectivity index (χ1v) is 12.2. The van der Waals surface area contributed by atoms with Gasteiger partial charge in [0.25, 0.3) is 5.91 Å². The van der Waals surface area contributed by atoms with E-state index in [1.54, 1.807) is 11.3 Å². The van der Waals surface area contributed by atoms with Gasteiger partial charge in [-0.2, -0.15) is 0 Å². The molecule has 4 amide bonds. The second-order valence-electron chi connectivity index (χ2n) is 9.07. The van der Waals surface area contributed by atoms with E-state index in [-0.39, 0.29) is 18.4 Å². The largest absolute Gasteiger partial charge is 0.341 e. The maximum Gasteiger partial charge on any atom is 0.323 e. The first kappa shape index (κ1) is 23.5. The molecular formula is C30H28N3O3. The van der Waals surface area contributed by atoms with Crippen LogP contribution in [-0.2, 0) is 22.4 Å². The van der Waals surface area contributed by atoms with Gasteiger partial charge in [-0.1, -0.05) is 84.9 Å². The molecule has 1 N–H and O–H groups in total. The third-order valence-corrected chi connectivity index (χ3v) is 6.80. The van der Waals surface area contributed by atoms with E-state index in [0.717, 1.165) is 32.7 Å². The summed E-state index contributed by atoms with van der Waals surface area (Å²) in [6.45, 7) is 0.465. The number of imide groups is 1. The molecule has 6 nitrogen and oxygen atoms in total. The van der Waals surface area contributed by atoms with Crippen LogP contribution in [0, 0.1) is 6.42 Å². The second-order valence-corrected chi connectivity index (χ2v) is 9.07. The van der Waals surface area contributed by atoms with Crippen LogP contribution < -0.4 is 5.32 Å². The molecule has 1 radical (unpaired) electrons. The van der Waals surface area contributed by atoms with E-state index in [2.05, 4.69) is 29.6 Å². The molecule has 1 atom stereocenters. The van der Waals surface area contributed by atoms with Gasteiger partial charge in [0.2, 0.25) is 5.91 Å². The Bertz CT molecular complexity index is 1450. The smallest absolute Gasteiger partial charge is 0.323 e. The zero-order valence-electron chi connectivity index (χ0n) is 20.2. The normalized spacial score (nSPS) is 15.9. The van der Waals surface area contributed by atoms with Crippen molar-refractivity contribution >= 4 is 39.4 Å². The van der Waals surface area contributed by atoms with Gasteiger partial charge >= 0.3 is 6.03 Å². The third-order valence-electron chi connectivity index (χ3n) is 6.80. The molecule has 5 rings (SSSR count). The number of fused-ring (bicyclic) bond motifs is 2. The molecule has 1 aliphatic heterocycles. The fraction of sp³-hybridized carbons (Fsp3) is 0.200. The van der Waals surface area contributed by atoms with Crippen LogP contribution in [0.5, 0.6) is 0 Å². The molecule has 6 heteroatoms. The van der Waals surface area contributed by atoms with Gasteiger partial charge in [0.1, 0.15) is 6.04 Å². The number of nitrogens with one attached hydrogen (secondary N) is 1. The van der Waals surface area contributed by atoms with Crippen molar-refractivity contribution in [3.05, 3.63) is 102 Å². The highest BCUT2D eigenvalue weighted by molar-refractivity contribution is 6.00. The van der Waals surface area contributed by atoms with Crippen molar-refractivity contribution in [3.8, 4) is 0 Å². The number of hydrogen-bond acceptors (Lipinski definition) is 3. The zero-order chi connectivity index (χ0) is 25.1. The molecule has 0 aromatic heterocycles. The Labute approximate surface area is 210 Å². The highest BCUT2D eigenvalue weighted by atomic mass is 16.2. The molecule has 4 aromatic rings. The Morgan fingerprint density at radius 1 is 0.833 bits per heavy atom. The average molecular weight is 479 g/mol. The van der Waals surface area contributed by atoms with Gasteiger partial charge in [-0.25, -0.2) is 4.79 Å². The summed E-state index contributed by atoms with van der Waals surface area (Å²) in [5.41, 5.74) is 1.97. The van der Waals surface area contributed by atoms with Gasteiger partial charge in [-0.15, -0.1) is 0 Å². The van der Waals surface area contributed by atoms with Crippen molar-refractivity contribution in [2.24, 2.45) is 0 Å². The minimum Gasteiger partial charge on any atom is -0.341 e. The Morgan fingerprint density at radius 2 is 1.42 bits per heavy atom. The lowest BCUT2D eigenvalue weighted by atomic mass is 9.97. The predicted molar refractivity (Wildman–Crippen MR) is 141 cm³/mol. The number of hydrogen-bond donors (Lipinski definition) is 1. The van der Waals surface area contributed by atoms with E-state index < -0.39 is 12.1 Å². The summed E-state index contributed by atoms with van der Waals surface area (Å²) < 4.78 is 0. The first-order chi connectivity index (χ1) is 17.5. The summed E-state index contributed by atoms with van der Waals surface area (Å²) in [5.74, 6) is -0.555. The maximum absolute atomic E-state index is 13.4. The molecule has 36 heavy (non-hydrogen) atoms. The Kier molecular flexibility index (Phi) is 6.67. The van der Waals surface area contributed by atoms with Gasteiger partial charge < -0.3 is 10.2 Å². The highest BCUT2D eigenvalue weighted by Gasteiger charge is 2.39. The van der Waals surface area contributed by atoms with E-state index >= 15 is 0 Å². The lowest BCUT2D eigenvalue weighted by Gasteiger charge is -2.39. The number of carbonyl (C=O) groups excluding carboxylic acids is 3. The van der Waals surface area contributed by atoms with E-state index in [9.17, 15) is 14.4 Å². The number of urea groups is 1. The van der Waals surface area contributed by atoms with Crippen molar-refractivity contribution < 1.29 is 14.4 Å². The van der Waals surface area contributed by atoms with Gasteiger partial charge in [-0.3, -0.25) is 14.5 Å². The lowest BCUT2D eigenvalue weighted by Crippen LogP contribution is -2.62. The van der Waals surface area contributed by atoms with Crippen LogP contribution in [0.15, 0.2) is 84.9 Å². The predicted octanol–water partition coefficient (Wildman–Crippen LogP) is 4.36. The molecule has 0 unspecified atom stereocenters. The molecular weight excluding hydrogens is 450 g/mol. The highest BCUT2D eigenvalue weighted by Crippen LogP contribution is 2.22. The number of amides is 4. The van der Waals surface area contributed by atoms with Crippen LogP contribution in [0.4, 0.5) is 4.79 Å². The standard InChI is InChI=1S/C30H28N3O3/c1-31-30(36)33-17-16-32(28(34)15-12-21-10-13-23-6-2-4-8-25(23)18-21)27(29(33)35)20-22-11-14-24-7-3-5-9-26(24)19-22/h2-11,13-15,18-19,27H,12,16-17,20H2,1H3,(H,31,36)/t27-/m1/s1. The Hall–Kier alpha value is -4.19. The molecule has 0 saturated carbocycles. The van der Waals surface area contributed by atoms with Gasteiger partial charge in [0.05, 0.1) is 6.42 Å². The number of nitrogens with zero attached hydrogens (tertiary/aromatic N) is 2. The van der Waals surface area contributed by atoms with Crippen LogP contribution in [0.1, 0.15) is 11.1 Å². The summed E-state index contributed by atoms with van der Waals surface area (Å²) >= 11 is 0. The van der Waals surface area contributed by atoms with Crippen LogP contribution >= 0.6 is 0 Å². The molecule has 1 heterocycles. The number of benzene rings is 4. The summed E-state index contributed by atoms with van der Waals surface area (Å²) in [4.78, 5) is 41.9.